The van der Waals surface area contributed by atoms with Gasteiger partial charge in [-0.15, -0.1) is 0 Å². The monoisotopic (exact) mass is 307 g/mol. The molecule has 3 heteroatoms. The van der Waals surface area contributed by atoms with E-state index in [1.807, 2.05) is 0 Å². The lowest BCUT2D eigenvalue weighted by Crippen LogP contribution is -2.38. The number of aliphatic hydroxyl groups is 2. The number of benzene rings is 1. The molecule has 1 aromatic carbocycles. The molecule has 0 aliphatic heterocycles. The van der Waals surface area contributed by atoms with Crippen LogP contribution >= 0.6 is 0 Å². The van der Waals surface area contributed by atoms with E-state index in [0.717, 1.165) is 12.8 Å². The van der Waals surface area contributed by atoms with Crippen LogP contribution in [-0.2, 0) is 12.8 Å². The fraction of sp³-hybridized carbons (Fsp3) is 0.684. The van der Waals surface area contributed by atoms with Gasteiger partial charge in [-0.05, 0) is 36.8 Å². The number of hydrogen-bond acceptors (Lipinski definition) is 3. The molecule has 0 heterocycles. The first kappa shape index (κ1) is 19.1. The zero-order valence-corrected chi connectivity index (χ0v) is 14.0. The summed E-state index contributed by atoms with van der Waals surface area (Å²) in [7, 11) is 0. The highest BCUT2D eigenvalue weighted by atomic mass is 16.3. The van der Waals surface area contributed by atoms with Crippen LogP contribution in [0.5, 0.6) is 0 Å². The van der Waals surface area contributed by atoms with E-state index in [4.69, 9.17) is 10.8 Å². The van der Waals surface area contributed by atoms with Crippen LogP contribution < -0.4 is 5.73 Å². The lowest BCUT2D eigenvalue weighted by molar-refractivity contribution is 0.102. The summed E-state index contributed by atoms with van der Waals surface area (Å²) in [4.78, 5) is 0. The summed E-state index contributed by atoms with van der Waals surface area (Å²) in [6, 6.07) is 8.14. The first-order valence-corrected chi connectivity index (χ1v) is 8.79. The van der Waals surface area contributed by atoms with Gasteiger partial charge in [-0.3, -0.25) is 0 Å². The van der Waals surface area contributed by atoms with Crippen LogP contribution in [0.3, 0.4) is 0 Å². The molecule has 0 aliphatic carbocycles. The van der Waals surface area contributed by atoms with Gasteiger partial charge in [0.15, 0.2) is 0 Å². The van der Waals surface area contributed by atoms with E-state index in [1.165, 1.54) is 49.7 Å². The average Bonchev–Trinajstić information content (AvgIpc) is 2.56. The van der Waals surface area contributed by atoms with E-state index in [0.29, 0.717) is 6.42 Å². The largest absolute Gasteiger partial charge is 0.395 e. The average molecular weight is 307 g/mol. The molecule has 1 aromatic rings. The molecule has 0 aromatic heterocycles. The van der Waals surface area contributed by atoms with E-state index in [2.05, 4.69) is 31.2 Å². The standard InChI is InChI=1S/C19H33NO2/c1-2-3-4-5-6-7-8-16-9-11-17(12-10-16)13-14-19(22)18(20)15-21/h9-12,18-19,21-22H,2-8,13-15,20H2,1H3. The minimum absolute atomic E-state index is 0.168. The smallest absolute Gasteiger partial charge is 0.0716 e. The number of hydrogen-bond donors (Lipinski definition) is 3. The van der Waals surface area contributed by atoms with Gasteiger partial charge in [-0.25, -0.2) is 0 Å². The van der Waals surface area contributed by atoms with Crippen LogP contribution in [-0.4, -0.2) is 29.0 Å². The van der Waals surface area contributed by atoms with Crippen molar-refractivity contribution in [2.75, 3.05) is 6.61 Å². The molecule has 2 unspecified atom stereocenters. The second-order valence-electron chi connectivity index (χ2n) is 6.29. The molecule has 3 nitrogen and oxygen atoms in total. The molecular formula is C19H33NO2. The molecule has 0 fully saturated rings. The zero-order chi connectivity index (χ0) is 16.2. The zero-order valence-electron chi connectivity index (χ0n) is 14.0. The van der Waals surface area contributed by atoms with E-state index in [-0.39, 0.29) is 6.61 Å². The van der Waals surface area contributed by atoms with Gasteiger partial charge in [0.1, 0.15) is 0 Å². The van der Waals surface area contributed by atoms with Crippen molar-refractivity contribution in [2.45, 2.75) is 76.9 Å². The molecule has 0 saturated heterocycles. The van der Waals surface area contributed by atoms with Crippen molar-refractivity contribution in [1.82, 2.24) is 0 Å². The SMILES string of the molecule is CCCCCCCCc1ccc(CCC(O)C(N)CO)cc1. The van der Waals surface area contributed by atoms with Crippen LogP contribution in [0, 0.1) is 0 Å². The van der Waals surface area contributed by atoms with Crippen molar-refractivity contribution in [3.05, 3.63) is 35.4 Å². The van der Waals surface area contributed by atoms with Crippen LogP contribution in [0.25, 0.3) is 0 Å². The van der Waals surface area contributed by atoms with Gasteiger partial charge in [0.05, 0.1) is 18.8 Å². The lowest BCUT2D eigenvalue weighted by Gasteiger charge is -2.16. The van der Waals surface area contributed by atoms with Crippen molar-refractivity contribution < 1.29 is 10.2 Å². The van der Waals surface area contributed by atoms with Crippen LogP contribution in [0.2, 0.25) is 0 Å². The maximum Gasteiger partial charge on any atom is 0.0716 e. The summed E-state index contributed by atoms with van der Waals surface area (Å²) in [5, 5.41) is 18.7. The summed E-state index contributed by atoms with van der Waals surface area (Å²) in [5.41, 5.74) is 8.22. The van der Waals surface area contributed by atoms with E-state index >= 15 is 0 Å². The van der Waals surface area contributed by atoms with Crippen molar-refractivity contribution >= 4 is 0 Å². The van der Waals surface area contributed by atoms with Gasteiger partial charge in [-0.1, -0.05) is 63.3 Å². The summed E-state index contributed by atoms with van der Waals surface area (Å²) in [6.45, 7) is 2.08. The predicted octanol–water partition coefficient (Wildman–Crippen LogP) is 3.20. The van der Waals surface area contributed by atoms with Gasteiger partial charge < -0.3 is 15.9 Å². The Labute approximate surface area is 135 Å². The first-order chi connectivity index (χ1) is 10.7. The summed E-state index contributed by atoms with van der Waals surface area (Å²) < 4.78 is 0. The highest BCUT2D eigenvalue weighted by Gasteiger charge is 2.13. The van der Waals surface area contributed by atoms with Gasteiger partial charge in [-0.2, -0.15) is 0 Å². The molecule has 0 aliphatic rings. The Morgan fingerprint density at radius 2 is 1.45 bits per heavy atom. The molecule has 1 rings (SSSR count). The Morgan fingerprint density at radius 1 is 0.909 bits per heavy atom. The molecular weight excluding hydrogens is 274 g/mol. The number of aryl methyl sites for hydroxylation is 2. The van der Waals surface area contributed by atoms with E-state index in [1.54, 1.807) is 0 Å². The Kier molecular flexibility index (Phi) is 10.1. The Morgan fingerprint density at radius 3 is 2.05 bits per heavy atom. The Balaban J connectivity index is 2.22. The van der Waals surface area contributed by atoms with Gasteiger partial charge in [0.25, 0.3) is 0 Å². The number of nitrogens with two attached hydrogens (primary N) is 1. The normalized spacial score (nSPS) is 14.0. The van der Waals surface area contributed by atoms with E-state index < -0.39 is 12.1 Å². The second-order valence-corrected chi connectivity index (χ2v) is 6.29. The minimum atomic E-state index is -0.632. The number of rotatable bonds is 12. The third kappa shape index (κ3) is 7.92. The van der Waals surface area contributed by atoms with Crippen LogP contribution in [0.4, 0.5) is 0 Å². The molecule has 0 bridgehead atoms. The van der Waals surface area contributed by atoms with Gasteiger partial charge in [0.2, 0.25) is 0 Å². The molecule has 0 radical (unpaired) electrons. The fourth-order valence-electron chi connectivity index (χ4n) is 2.63. The topological polar surface area (TPSA) is 66.5 Å². The predicted molar refractivity (Wildman–Crippen MR) is 92.9 cm³/mol. The summed E-state index contributed by atoms with van der Waals surface area (Å²) in [5.74, 6) is 0. The van der Waals surface area contributed by atoms with Crippen molar-refractivity contribution in [2.24, 2.45) is 5.73 Å². The lowest BCUT2D eigenvalue weighted by atomic mass is 10.00. The quantitative estimate of drug-likeness (QED) is 0.519. The summed E-state index contributed by atoms with van der Waals surface area (Å²) in [6.07, 6.45) is 9.91. The Bertz CT molecular complexity index is 378. The van der Waals surface area contributed by atoms with Gasteiger partial charge >= 0.3 is 0 Å². The molecule has 0 spiro atoms. The Hall–Kier alpha value is -0.900. The van der Waals surface area contributed by atoms with Crippen molar-refractivity contribution in [3.8, 4) is 0 Å². The summed E-state index contributed by atoms with van der Waals surface area (Å²) >= 11 is 0. The first-order valence-electron chi connectivity index (χ1n) is 8.79. The fourth-order valence-corrected chi connectivity index (χ4v) is 2.63. The maximum absolute atomic E-state index is 9.75. The van der Waals surface area contributed by atoms with Crippen LogP contribution in [0.1, 0.15) is 63.0 Å². The highest BCUT2D eigenvalue weighted by Crippen LogP contribution is 2.13. The molecule has 22 heavy (non-hydrogen) atoms. The molecule has 4 N–H and O–H groups in total. The van der Waals surface area contributed by atoms with Gasteiger partial charge in [0, 0.05) is 0 Å². The third-order valence-corrected chi connectivity index (χ3v) is 4.28. The second kappa shape index (κ2) is 11.6. The molecule has 0 saturated carbocycles. The van der Waals surface area contributed by atoms with Crippen molar-refractivity contribution in [3.63, 3.8) is 0 Å². The minimum Gasteiger partial charge on any atom is -0.395 e. The highest BCUT2D eigenvalue weighted by molar-refractivity contribution is 5.22. The molecule has 0 amide bonds. The third-order valence-electron chi connectivity index (χ3n) is 4.28. The number of aliphatic hydroxyl groups excluding tert-OH is 2. The van der Waals surface area contributed by atoms with Crippen molar-refractivity contribution in [1.29, 1.82) is 0 Å². The molecule has 2 atom stereocenters. The molecule has 126 valence electrons. The maximum atomic E-state index is 9.75. The number of unbranched alkanes of at least 4 members (excludes halogenated alkanes) is 5. The van der Waals surface area contributed by atoms with Crippen LogP contribution in [0.15, 0.2) is 24.3 Å². The van der Waals surface area contributed by atoms with E-state index in [9.17, 15) is 5.11 Å².